The van der Waals surface area contributed by atoms with Gasteiger partial charge in [-0.05, 0) is 49.0 Å². The number of benzene rings is 2. The van der Waals surface area contributed by atoms with E-state index in [-0.39, 0.29) is 29.6 Å². The molecule has 0 fully saturated rings. The minimum Gasteiger partial charge on any atom is -0.462 e. The third kappa shape index (κ3) is 5.91. The highest BCUT2D eigenvalue weighted by Gasteiger charge is 2.22. The van der Waals surface area contributed by atoms with Gasteiger partial charge >= 0.3 is 5.97 Å². The van der Waals surface area contributed by atoms with Crippen LogP contribution in [0.15, 0.2) is 60.8 Å². The van der Waals surface area contributed by atoms with E-state index in [4.69, 9.17) is 28.6 Å². The van der Waals surface area contributed by atoms with Crippen molar-refractivity contribution in [2.24, 2.45) is 0 Å². The molecule has 1 atom stereocenters. The van der Waals surface area contributed by atoms with Gasteiger partial charge in [-0.15, -0.1) is 0 Å². The van der Waals surface area contributed by atoms with Crippen molar-refractivity contribution in [1.29, 1.82) is 0 Å². The molecule has 3 N–H and O–H groups in total. The quantitative estimate of drug-likeness (QED) is 0.356. The molecule has 0 saturated heterocycles. The predicted octanol–water partition coefficient (Wildman–Crippen LogP) is 3.57. The number of nitrogens with one attached hydrogen (secondary N) is 2. The van der Waals surface area contributed by atoms with E-state index < -0.39 is 18.0 Å². The van der Waals surface area contributed by atoms with Crippen molar-refractivity contribution in [3.8, 4) is 0 Å². The average Bonchev–Trinajstić information content (AvgIpc) is 3.16. The van der Waals surface area contributed by atoms with Gasteiger partial charge in [0, 0.05) is 10.6 Å². The molecule has 8 nitrogen and oxygen atoms in total. The molecule has 2 aromatic carbocycles. The topological polar surface area (TPSA) is 105 Å². The van der Waals surface area contributed by atoms with Crippen molar-refractivity contribution in [2.75, 3.05) is 11.9 Å². The lowest BCUT2D eigenvalue weighted by molar-refractivity contribution is 0.0527. The van der Waals surface area contributed by atoms with E-state index in [9.17, 15) is 14.7 Å². The molecule has 3 aromatic rings. The second kappa shape index (κ2) is 10.9. The van der Waals surface area contributed by atoms with Gasteiger partial charge in [-0.1, -0.05) is 41.9 Å². The van der Waals surface area contributed by atoms with Crippen molar-refractivity contribution in [1.82, 2.24) is 15.1 Å². The van der Waals surface area contributed by atoms with Crippen LogP contribution in [0, 0.1) is 0 Å². The number of rotatable bonds is 7. The summed E-state index contributed by atoms with van der Waals surface area (Å²) in [6.07, 6.45) is 0.381. The van der Waals surface area contributed by atoms with Crippen molar-refractivity contribution >= 4 is 46.6 Å². The van der Waals surface area contributed by atoms with Gasteiger partial charge in [0.2, 0.25) is 0 Å². The zero-order chi connectivity index (χ0) is 23.1. The number of aromatic nitrogens is 2. The van der Waals surface area contributed by atoms with E-state index in [2.05, 4.69) is 15.7 Å². The zero-order valence-electron chi connectivity index (χ0n) is 17.1. The van der Waals surface area contributed by atoms with E-state index in [0.29, 0.717) is 16.1 Å². The van der Waals surface area contributed by atoms with Gasteiger partial charge in [0.05, 0.1) is 25.5 Å². The summed E-state index contributed by atoms with van der Waals surface area (Å²) < 4.78 is 6.46. The Bertz CT molecular complexity index is 1100. The Labute approximate surface area is 195 Å². The second-order valence-electron chi connectivity index (χ2n) is 6.65. The summed E-state index contributed by atoms with van der Waals surface area (Å²) >= 11 is 11.2. The Morgan fingerprint density at radius 1 is 1.19 bits per heavy atom. The van der Waals surface area contributed by atoms with Crippen LogP contribution in [0.2, 0.25) is 5.02 Å². The van der Waals surface area contributed by atoms with E-state index in [0.717, 1.165) is 0 Å². The molecule has 0 bridgehead atoms. The van der Waals surface area contributed by atoms with Gasteiger partial charge in [0.25, 0.3) is 5.91 Å². The first-order valence-electron chi connectivity index (χ1n) is 9.73. The summed E-state index contributed by atoms with van der Waals surface area (Å²) in [5.41, 5.74) is 1.16. The van der Waals surface area contributed by atoms with Crippen LogP contribution in [-0.2, 0) is 11.3 Å². The first-order chi connectivity index (χ1) is 15.4. The number of thiocarbonyl (C=S) groups is 1. The summed E-state index contributed by atoms with van der Waals surface area (Å²) in [6, 6.07) is 15.3. The van der Waals surface area contributed by atoms with Gasteiger partial charge in [0.15, 0.2) is 5.11 Å². The number of aliphatic hydroxyl groups excluding tert-OH is 1. The van der Waals surface area contributed by atoms with Crippen LogP contribution in [0.5, 0.6) is 0 Å². The largest absolute Gasteiger partial charge is 0.462 e. The molecule has 0 aliphatic heterocycles. The third-order valence-electron chi connectivity index (χ3n) is 4.43. The van der Waals surface area contributed by atoms with Gasteiger partial charge in [0.1, 0.15) is 11.4 Å². The summed E-state index contributed by atoms with van der Waals surface area (Å²) in [4.78, 5) is 24.8. The normalized spacial score (nSPS) is 11.5. The number of halogens is 1. The number of esters is 1. The fourth-order valence-corrected chi connectivity index (χ4v) is 3.19. The second-order valence-corrected chi connectivity index (χ2v) is 7.50. The first kappa shape index (κ1) is 23.4. The molecule has 0 radical (unpaired) electrons. The van der Waals surface area contributed by atoms with Crippen molar-refractivity contribution in [3.63, 3.8) is 0 Å². The van der Waals surface area contributed by atoms with Crippen LogP contribution in [0.1, 0.15) is 39.3 Å². The molecule has 1 aromatic heterocycles. The van der Waals surface area contributed by atoms with Crippen molar-refractivity contribution in [3.05, 3.63) is 82.5 Å². The SMILES string of the molecule is CCOC(=O)c1cnn(CC(O)c2ccc(Cl)cc2)c1NC(=S)NC(=O)c1ccccc1. The maximum absolute atomic E-state index is 12.4. The highest BCUT2D eigenvalue weighted by molar-refractivity contribution is 7.80. The minimum atomic E-state index is -0.935. The summed E-state index contributed by atoms with van der Waals surface area (Å²) in [5, 5.41) is 20.7. The minimum absolute atomic E-state index is 0.0125. The highest BCUT2D eigenvalue weighted by Crippen LogP contribution is 2.22. The highest BCUT2D eigenvalue weighted by atomic mass is 35.5. The zero-order valence-corrected chi connectivity index (χ0v) is 18.7. The van der Waals surface area contributed by atoms with Crippen LogP contribution < -0.4 is 10.6 Å². The van der Waals surface area contributed by atoms with E-state index in [1.807, 2.05) is 0 Å². The van der Waals surface area contributed by atoms with Gasteiger partial charge in [-0.25, -0.2) is 9.48 Å². The van der Waals surface area contributed by atoms with Crippen LogP contribution in [-0.4, -0.2) is 38.5 Å². The Balaban J connectivity index is 1.80. The number of nitrogens with zero attached hydrogens (tertiary/aromatic N) is 2. The summed E-state index contributed by atoms with van der Waals surface area (Å²) in [7, 11) is 0. The van der Waals surface area contributed by atoms with Gasteiger partial charge in [-0.2, -0.15) is 5.10 Å². The Morgan fingerprint density at radius 3 is 2.53 bits per heavy atom. The van der Waals surface area contributed by atoms with E-state index >= 15 is 0 Å². The number of ether oxygens (including phenoxy) is 1. The smallest absolute Gasteiger partial charge is 0.343 e. The molecule has 3 rings (SSSR count). The van der Waals surface area contributed by atoms with E-state index in [1.54, 1.807) is 61.5 Å². The van der Waals surface area contributed by atoms with Crippen LogP contribution in [0.4, 0.5) is 5.82 Å². The molecule has 0 aliphatic rings. The van der Waals surface area contributed by atoms with Crippen LogP contribution in [0.25, 0.3) is 0 Å². The van der Waals surface area contributed by atoms with Gasteiger partial charge < -0.3 is 15.2 Å². The standard InChI is InChI=1S/C22H21ClN4O4S/c1-2-31-21(30)17-12-24-27(13-18(28)14-8-10-16(23)11-9-14)19(17)25-22(32)26-20(29)15-6-4-3-5-7-15/h3-12,18,28H,2,13H2,1H3,(H2,25,26,29,32). The first-order valence-corrected chi connectivity index (χ1v) is 10.5. The lowest BCUT2D eigenvalue weighted by Crippen LogP contribution is -2.35. The number of carbonyl (C=O) groups is 2. The lowest BCUT2D eigenvalue weighted by Gasteiger charge is -2.16. The molecule has 166 valence electrons. The molecular weight excluding hydrogens is 452 g/mol. The maximum Gasteiger partial charge on any atom is 0.343 e. The average molecular weight is 473 g/mol. The monoisotopic (exact) mass is 472 g/mol. The Hall–Kier alpha value is -3.27. The Morgan fingerprint density at radius 2 is 1.88 bits per heavy atom. The molecule has 10 heteroatoms. The number of carbonyl (C=O) groups excluding carboxylic acids is 2. The fourth-order valence-electron chi connectivity index (χ4n) is 2.87. The molecule has 1 heterocycles. The molecule has 32 heavy (non-hydrogen) atoms. The van der Waals surface area contributed by atoms with E-state index in [1.165, 1.54) is 10.9 Å². The fraction of sp³-hybridized carbons (Fsp3) is 0.182. The number of anilines is 1. The molecule has 0 spiro atoms. The van der Waals surface area contributed by atoms with Crippen LogP contribution in [0.3, 0.4) is 0 Å². The summed E-state index contributed by atoms with van der Waals surface area (Å²) in [6.45, 7) is 1.87. The third-order valence-corrected chi connectivity index (χ3v) is 4.89. The molecular formula is C22H21ClN4O4S. The van der Waals surface area contributed by atoms with Gasteiger partial charge in [-0.3, -0.25) is 10.1 Å². The maximum atomic E-state index is 12.4. The lowest BCUT2D eigenvalue weighted by atomic mass is 10.1. The Kier molecular flexibility index (Phi) is 7.93. The molecule has 1 amide bonds. The summed E-state index contributed by atoms with van der Waals surface area (Å²) in [5.74, 6) is -0.831. The molecule has 0 saturated carbocycles. The number of hydrogen-bond acceptors (Lipinski definition) is 6. The molecule has 0 aliphatic carbocycles. The predicted molar refractivity (Wildman–Crippen MR) is 125 cm³/mol. The van der Waals surface area contributed by atoms with Crippen molar-refractivity contribution in [2.45, 2.75) is 19.6 Å². The molecule has 1 unspecified atom stereocenters. The van der Waals surface area contributed by atoms with Crippen LogP contribution >= 0.6 is 23.8 Å². The number of amides is 1. The van der Waals surface area contributed by atoms with Crippen molar-refractivity contribution < 1.29 is 19.4 Å². The number of hydrogen-bond donors (Lipinski definition) is 3. The number of aliphatic hydroxyl groups is 1.